The van der Waals surface area contributed by atoms with Crippen molar-refractivity contribution < 1.29 is 22.4 Å². The van der Waals surface area contributed by atoms with Gasteiger partial charge in [-0.15, -0.1) is 0 Å². The minimum absolute atomic E-state index is 0.0704. The first-order valence-electron chi connectivity index (χ1n) is 6.29. The highest BCUT2D eigenvalue weighted by Crippen LogP contribution is 2.24. The molecule has 2 aromatic rings. The zero-order chi connectivity index (χ0) is 16.5. The number of halogens is 4. The molecule has 22 heavy (non-hydrogen) atoms. The number of nitrogens with zero attached hydrogens (tertiary/aromatic N) is 3. The van der Waals surface area contributed by atoms with Crippen molar-refractivity contribution in [3.63, 3.8) is 0 Å². The van der Waals surface area contributed by atoms with Gasteiger partial charge in [0.2, 0.25) is 5.78 Å². The van der Waals surface area contributed by atoms with Crippen LogP contribution in [0.15, 0.2) is 30.5 Å². The summed E-state index contributed by atoms with van der Waals surface area (Å²) >= 11 is 0. The van der Waals surface area contributed by atoms with Crippen LogP contribution in [0.2, 0.25) is 0 Å². The van der Waals surface area contributed by atoms with Crippen LogP contribution in [0.1, 0.15) is 10.6 Å². The van der Waals surface area contributed by atoms with Gasteiger partial charge in [-0.3, -0.25) is 4.79 Å². The first kappa shape index (κ1) is 16.0. The Morgan fingerprint density at radius 3 is 2.64 bits per heavy atom. The van der Waals surface area contributed by atoms with Gasteiger partial charge in [0.05, 0.1) is 11.0 Å². The van der Waals surface area contributed by atoms with E-state index in [0.717, 1.165) is 18.2 Å². The lowest BCUT2D eigenvalue weighted by atomic mass is 10.3. The molecule has 0 saturated carbocycles. The van der Waals surface area contributed by atoms with E-state index in [2.05, 4.69) is 4.98 Å². The highest BCUT2D eigenvalue weighted by Gasteiger charge is 2.31. The Morgan fingerprint density at radius 2 is 2.05 bits per heavy atom. The Morgan fingerprint density at radius 1 is 1.36 bits per heavy atom. The summed E-state index contributed by atoms with van der Waals surface area (Å²) in [6.07, 6.45) is -2.04. The number of fused-ring (bicyclic) bond motifs is 1. The number of hydrogen-bond donors (Lipinski definition) is 0. The van der Waals surface area contributed by atoms with E-state index >= 15 is 0 Å². The lowest BCUT2D eigenvalue weighted by Crippen LogP contribution is -2.21. The minimum atomic E-state index is -4.56. The van der Waals surface area contributed by atoms with Gasteiger partial charge in [-0.25, -0.2) is 9.37 Å². The highest BCUT2D eigenvalue weighted by atomic mass is 19.4. The van der Waals surface area contributed by atoms with Gasteiger partial charge in [-0.1, -0.05) is 0 Å². The van der Waals surface area contributed by atoms with Crippen LogP contribution < -0.4 is 0 Å². The van der Waals surface area contributed by atoms with Crippen LogP contribution >= 0.6 is 0 Å². The van der Waals surface area contributed by atoms with Crippen LogP contribution in [0, 0.1) is 5.82 Å². The molecule has 0 spiro atoms. The van der Waals surface area contributed by atoms with Crippen LogP contribution in [0.3, 0.4) is 0 Å². The van der Waals surface area contributed by atoms with Gasteiger partial charge in [-0.2, -0.15) is 13.2 Å². The van der Waals surface area contributed by atoms with Gasteiger partial charge in [-0.05, 0) is 18.2 Å². The second kappa shape index (κ2) is 5.78. The van der Waals surface area contributed by atoms with Crippen molar-refractivity contribution in [2.75, 3.05) is 14.1 Å². The van der Waals surface area contributed by atoms with E-state index in [-0.39, 0.29) is 16.9 Å². The minimum Gasteiger partial charge on any atom is -0.383 e. The van der Waals surface area contributed by atoms with Gasteiger partial charge in [0.15, 0.2) is 5.82 Å². The molecule has 1 aromatic carbocycles. The number of carbonyl (C=O) groups is 1. The number of carbonyl (C=O) groups excluding carboxylic acids is 1. The molecular formula is C14H13F4N3O. The standard InChI is InChI=1S/C14H13F4N3O/c1-20(2)6-5-12(22)13-19-10-4-3-9(15)7-11(10)21(13)8-14(16,17)18/h3-7H,8H2,1-2H3/b6-5+. The fraction of sp³-hybridized carbons (Fsp3) is 0.286. The second-order valence-electron chi connectivity index (χ2n) is 4.91. The number of imidazole rings is 1. The SMILES string of the molecule is CN(C)/C=C/C(=O)c1nc2ccc(F)cc2n1CC(F)(F)F. The Bertz CT molecular complexity index is 731. The molecule has 4 nitrogen and oxygen atoms in total. The summed E-state index contributed by atoms with van der Waals surface area (Å²) in [7, 11) is 3.33. The molecule has 118 valence electrons. The average molecular weight is 315 g/mol. The lowest BCUT2D eigenvalue weighted by molar-refractivity contribution is -0.140. The maximum absolute atomic E-state index is 13.3. The van der Waals surface area contributed by atoms with Crippen molar-refractivity contribution in [1.82, 2.24) is 14.5 Å². The Labute approximate surface area is 123 Å². The van der Waals surface area contributed by atoms with Crippen molar-refractivity contribution in [1.29, 1.82) is 0 Å². The third kappa shape index (κ3) is 3.63. The van der Waals surface area contributed by atoms with E-state index in [9.17, 15) is 22.4 Å². The Balaban J connectivity index is 2.57. The monoisotopic (exact) mass is 315 g/mol. The van der Waals surface area contributed by atoms with E-state index < -0.39 is 24.3 Å². The molecule has 0 aliphatic heterocycles. The van der Waals surface area contributed by atoms with Gasteiger partial charge in [0.1, 0.15) is 12.4 Å². The first-order chi connectivity index (χ1) is 10.2. The molecule has 0 atom stereocenters. The van der Waals surface area contributed by atoms with Crippen molar-refractivity contribution >= 4 is 16.8 Å². The highest BCUT2D eigenvalue weighted by molar-refractivity contribution is 6.04. The number of hydrogen-bond acceptors (Lipinski definition) is 3. The quantitative estimate of drug-likeness (QED) is 0.494. The van der Waals surface area contributed by atoms with E-state index in [1.54, 1.807) is 19.0 Å². The van der Waals surface area contributed by atoms with Crippen LogP contribution in [0.4, 0.5) is 17.6 Å². The molecule has 0 aliphatic carbocycles. The molecule has 0 saturated heterocycles. The number of allylic oxidation sites excluding steroid dienone is 1. The van der Waals surface area contributed by atoms with Crippen molar-refractivity contribution in [2.24, 2.45) is 0 Å². The summed E-state index contributed by atoms with van der Waals surface area (Å²) in [6.45, 7) is -1.41. The van der Waals surface area contributed by atoms with Gasteiger partial charge in [0.25, 0.3) is 0 Å². The summed E-state index contributed by atoms with van der Waals surface area (Å²) in [5.74, 6) is -1.76. The third-order valence-corrected chi connectivity index (χ3v) is 2.79. The average Bonchev–Trinajstić information content (AvgIpc) is 2.72. The summed E-state index contributed by atoms with van der Waals surface area (Å²) in [5.41, 5.74) is 0.0613. The molecule has 1 aromatic heterocycles. The normalized spacial score (nSPS) is 12.3. The van der Waals surface area contributed by atoms with E-state index in [1.165, 1.54) is 12.3 Å². The lowest BCUT2D eigenvalue weighted by Gasteiger charge is -2.11. The third-order valence-electron chi connectivity index (χ3n) is 2.79. The maximum Gasteiger partial charge on any atom is 0.406 e. The zero-order valence-electron chi connectivity index (χ0n) is 11.9. The number of ketones is 1. The predicted molar refractivity (Wildman–Crippen MR) is 72.9 cm³/mol. The first-order valence-corrected chi connectivity index (χ1v) is 6.29. The van der Waals surface area contributed by atoms with E-state index in [1.807, 2.05) is 0 Å². The summed E-state index contributed by atoms with van der Waals surface area (Å²) in [4.78, 5) is 17.5. The molecule has 0 radical (unpaired) electrons. The fourth-order valence-corrected chi connectivity index (χ4v) is 1.91. The van der Waals surface area contributed by atoms with Crippen LogP contribution in [-0.2, 0) is 6.54 Å². The number of rotatable bonds is 4. The van der Waals surface area contributed by atoms with Gasteiger partial charge in [0, 0.05) is 26.4 Å². The second-order valence-corrected chi connectivity index (χ2v) is 4.91. The Kier molecular flexibility index (Phi) is 4.20. The largest absolute Gasteiger partial charge is 0.406 e. The van der Waals surface area contributed by atoms with Crippen LogP contribution in [-0.4, -0.2) is 40.5 Å². The van der Waals surface area contributed by atoms with E-state index in [4.69, 9.17) is 0 Å². The predicted octanol–water partition coefficient (Wildman–Crippen LogP) is 3.00. The van der Waals surface area contributed by atoms with Crippen molar-refractivity contribution in [3.8, 4) is 0 Å². The smallest absolute Gasteiger partial charge is 0.383 e. The fourth-order valence-electron chi connectivity index (χ4n) is 1.91. The summed E-state index contributed by atoms with van der Waals surface area (Å²) in [5, 5.41) is 0. The molecule has 0 aliphatic rings. The number of benzene rings is 1. The topological polar surface area (TPSA) is 38.1 Å². The van der Waals surface area contributed by atoms with Gasteiger partial charge >= 0.3 is 6.18 Å². The molecule has 8 heteroatoms. The van der Waals surface area contributed by atoms with E-state index in [0.29, 0.717) is 4.57 Å². The van der Waals surface area contributed by atoms with Crippen molar-refractivity contribution in [3.05, 3.63) is 42.1 Å². The number of aromatic nitrogens is 2. The zero-order valence-corrected chi connectivity index (χ0v) is 11.9. The number of alkyl halides is 3. The summed E-state index contributed by atoms with van der Waals surface area (Å²) < 4.78 is 52.1. The summed E-state index contributed by atoms with van der Waals surface area (Å²) in [6, 6.07) is 3.25. The molecule has 0 amide bonds. The molecule has 0 fully saturated rings. The maximum atomic E-state index is 13.3. The molecule has 2 rings (SSSR count). The van der Waals surface area contributed by atoms with Crippen molar-refractivity contribution in [2.45, 2.75) is 12.7 Å². The molecule has 0 N–H and O–H groups in total. The molecule has 0 unspecified atom stereocenters. The van der Waals surface area contributed by atoms with Gasteiger partial charge < -0.3 is 9.47 Å². The van der Waals surface area contributed by atoms with Crippen LogP contribution in [0.25, 0.3) is 11.0 Å². The molecule has 0 bridgehead atoms. The Hall–Kier alpha value is -2.38. The van der Waals surface area contributed by atoms with Crippen LogP contribution in [0.5, 0.6) is 0 Å². The molecule has 1 heterocycles. The molecular weight excluding hydrogens is 302 g/mol.